The van der Waals surface area contributed by atoms with E-state index in [4.69, 9.17) is 9.47 Å². The summed E-state index contributed by atoms with van der Waals surface area (Å²) < 4.78 is 12.0. The fourth-order valence-corrected chi connectivity index (χ4v) is 3.36. The molecule has 0 unspecified atom stereocenters. The van der Waals surface area contributed by atoms with Gasteiger partial charge in [-0.05, 0) is 50.3 Å². The van der Waals surface area contributed by atoms with E-state index in [0.29, 0.717) is 6.61 Å². The molecule has 25 heavy (non-hydrogen) atoms. The molecule has 2 aromatic rings. The van der Waals surface area contributed by atoms with E-state index in [-0.39, 0.29) is 0 Å². The van der Waals surface area contributed by atoms with Crippen LogP contribution >= 0.6 is 11.8 Å². The monoisotopic (exact) mass is 354 g/mol. The van der Waals surface area contributed by atoms with Crippen molar-refractivity contribution in [1.82, 2.24) is 0 Å². The van der Waals surface area contributed by atoms with Gasteiger partial charge in [-0.15, -0.1) is 0 Å². The Labute approximate surface area is 155 Å². The predicted molar refractivity (Wildman–Crippen MR) is 109 cm³/mol. The molecule has 0 radical (unpaired) electrons. The van der Waals surface area contributed by atoms with Crippen LogP contribution in [0.2, 0.25) is 0 Å². The van der Waals surface area contributed by atoms with Crippen molar-refractivity contribution in [2.24, 2.45) is 0 Å². The van der Waals surface area contributed by atoms with Gasteiger partial charge >= 0.3 is 0 Å². The number of para-hydroxylation sites is 2. The van der Waals surface area contributed by atoms with Gasteiger partial charge in [0.1, 0.15) is 11.5 Å². The summed E-state index contributed by atoms with van der Waals surface area (Å²) in [4.78, 5) is 1.22. The SMILES string of the molecule is CC/C=C(\C)S/C(Oc1ccccc1)=C(\C)c1ccccc1OCC. The van der Waals surface area contributed by atoms with Crippen LogP contribution in [0, 0.1) is 0 Å². The summed E-state index contributed by atoms with van der Waals surface area (Å²) in [5.41, 5.74) is 2.13. The Hall–Kier alpha value is -2.13. The summed E-state index contributed by atoms with van der Waals surface area (Å²) >= 11 is 1.66. The quantitative estimate of drug-likeness (QED) is 0.480. The Morgan fingerprint density at radius 3 is 2.32 bits per heavy atom. The molecule has 0 spiro atoms. The maximum Gasteiger partial charge on any atom is 0.168 e. The maximum absolute atomic E-state index is 6.23. The van der Waals surface area contributed by atoms with E-state index in [0.717, 1.165) is 34.1 Å². The highest BCUT2D eigenvalue weighted by Crippen LogP contribution is 2.36. The molecule has 2 aromatic carbocycles. The maximum atomic E-state index is 6.23. The predicted octanol–water partition coefficient (Wildman–Crippen LogP) is 6.90. The van der Waals surface area contributed by atoms with Crippen molar-refractivity contribution in [3.63, 3.8) is 0 Å². The molecular weight excluding hydrogens is 328 g/mol. The van der Waals surface area contributed by atoms with Crippen LogP contribution in [0.25, 0.3) is 5.57 Å². The standard InChI is InChI=1S/C22H26O2S/c1-5-12-17(3)25-22(24-19-13-8-7-9-14-19)18(4)20-15-10-11-16-21(20)23-6-2/h7-16H,5-6H2,1-4H3/b17-12+,22-18+. The fourth-order valence-electron chi connectivity index (χ4n) is 2.41. The average molecular weight is 355 g/mol. The Morgan fingerprint density at radius 1 is 0.960 bits per heavy atom. The largest absolute Gasteiger partial charge is 0.493 e. The zero-order chi connectivity index (χ0) is 18.1. The topological polar surface area (TPSA) is 18.5 Å². The van der Waals surface area contributed by atoms with Gasteiger partial charge in [0.2, 0.25) is 0 Å². The normalized spacial score (nSPS) is 12.6. The van der Waals surface area contributed by atoms with E-state index in [1.165, 1.54) is 4.91 Å². The van der Waals surface area contributed by atoms with Gasteiger partial charge in [0.15, 0.2) is 5.09 Å². The van der Waals surface area contributed by atoms with Gasteiger partial charge in [-0.3, -0.25) is 0 Å². The lowest BCUT2D eigenvalue weighted by molar-refractivity contribution is 0.339. The third kappa shape index (κ3) is 5.71. The molecule has 0 aliphatic rings. The van der Waals surface area contributed by atoms with E-state index >= 15 is 0 Å². The Balaban J connectivity index is 2.44. The van der Waals surface area contributed by atoms with Crippen molar-refractivity contribution in [1.29, 1.82) is 0 Å². The molecule has 2 rings (SSSR count). The highest BCUT2D eigenvalue weighted by atomic mass is 32.2. The van der Waals surface area contributed by atoms with Gasteiger partial charge in [0.05, 0.1) is 6.61 Å². The van der Waals surface area contributed by atoms with Crippen LogP contribution in [0.3, 0.4) is 0 Å². The number of benzene rings is 2. The van der Waals surface area contributed by atoms with Crippen LogP contribution in [0.1, 0.15) is 39.7 Å². The number of rotatable bonds is 8. The van der Waals surface area contributed by atoms with Crippen molar-refractivity contribution < 1.29 is 9.47 Å². The minimum atomic E-state index is 0.640. The van der Waals surface area contributed by atoms with Gasteiger partial charge in [-0.25, -0.2) is 0 Å². The van der Waals surface area contributed by atoms with E-state index in [9.17, 15) is 0 Å². The number of thioether (sulfide) groups is 1. The molecule has 0 saturated heterocycles. The van der Waals surface area contributed by atoms with Crippen LogP contribution in [0.15, 0.2) is 70.7 Å². The second-order valence-electron chi connectivity index (χ2n) is 5.58. The molecule has 0 saturated carbocycles. The lowest BCUT2D eigenvalue weighted by atomic mass is 10.1. The molecule has 132 valence electrons. The van der Waals surface area contributed by atoms with Gasteiger partial charge in [-0.1, -0.05) is 61.2 Å². The summed E-state index contributed by atoms with van der Waals surface area (Å²) in [7, 11) is 0. The summed E-state index contributed by atoms with van der Waals surface area (Å²) in [6.45, 7) is 8.98. The molecule has 0 N–H and O–H groups in total. The average Bonchev–Trinajstić information content (AvgIpc) is 2.62. The molecule has 0 heterocycles. The zero-order valence-corrected chi connectivity index (χ0v) is 16.2. The summed E-state index contributed by atoms with van der Waals surface area (Å²) in [5, 5.41) is 0.876. The lowest BCUT2D eigenvalue weighted by Gasteiger charge is -2.16. The third-order valence-corrected chi connectivity index (χ3v) is 4.66. The first-order valence-corrected chi connectivity index (χ1v) is 9.47. The van der Waals surface area contributed by atoms with Gasteiger partial charge in [0.25, 0.3) is 0 Å². The number of ether oxygens (including phenoxy) is 2. The molecule has 3 heteroatoms. The number of hydrogen-bond donors (Lipinski definition) is 0. The molecule has 0 aromatic heterocycles. The molecule has 0 aliphatic carbocycles. The van der Waals surface area contributed by atoms with Crippen molar-refractivity contribution in [2.45, 2.75) is 34.1 Å². The van der Waals surface area contributed by atoms with Crippen molar-refractivity contribution in [3.8, 4) is 11.5 Å². The first-order valence-electron chi connectivity index (χ1n) is 8.66. The highest BCUT2D eigenvalue weighted by Gasteiger charge is 2.13. The summed E-state index contributed by atoms with van der Waals surface area (Å²) in [5.74, 6) is 1.72. The first-order chi connectivity index (χ1) is 12.2. The van der Waals surface area contributed by atoms with Gasteiger partial charge < -0.3 is 9.47 Å². The van der Waals surface area contributed by atoms with E-state index in [2.05, 4.69) is 32.9 Å². The Morgan fingerprint density at radius 2 is 1.64 bits per heavy atom. The Bertz CT molecular complexity index is 733. The molecule has 0 amide bonds. The second-order valence-corrected chi connectivity index (χ2v) is 6.80. The molecular formula is C22H26O2S. The smallest absolute Gasteiger partial charge is 0.168 e. The zero-order valence-electron chi connectivity index (χ0n) is 15.4. The molecule has 0 fully saturated rings. The van der Waals surface area contributed by atoms with Crippen LogP contribution in [-0.2, 0) is 0 Å². The molecule has 2 nitrogen and oxygen atoms in total. The van der Waals surface area contributed by atoms with E-state index in [1.807, 2.05) is 55.5 Å². The molecule has 0 aliphatic heterocycles. The minimum Gasteiger partial charge on any atom is -0.493 e. The van der Waals surface area contributed by atoms with Crippen molar-refractivity contribution >= 4 is 17.3 Å². The summed E-state index contributed by atoms with van der Waals surface area (Å²) in [6.07, 6.45) is 3.22. The molecule has 0 bridgehead atoms. The fraction of sp³-hybridized carbons (Fsp3) is 0.273. The van der Waals surface area contributed by atoms with Crippen LogP contribution in [0.4, 0.5) is 0 Å². The van der Waals surface area contributed by atoms with Crippen molar-refractivity contribution in [3.05, 3.63) is 76.2 Å². The third-order valence-electron chi connectivity index (χ3n) is 3.60. The van der Waals surface area contributed by atoms with E-state index in [1.54, 1.807) is 11.8 Å². The van der Waals surface area contributed by atoms with Crippen LogP contribution in [-0.4, -0.2) is 6.61 Å². The summed E-state index contributed by atoms with van der Waals surface area (Å²) in [6, 6.07) is 18.0. The first kappa shape index (κ1) is 19.2. The van der Waals surface area contributed by atoms with Gasteiger partial charge in [-0.2, -0.15) is 0 Å². The number of allylic oxidation sites excluding steroid dienone is 3. The number of hydrogen-bond acceptors (Lipinski definition) is 3. The minimum absolute atomic E-state index is 0.640. The van der Waals surface area contributed by atoms with E-state index < -0.39 is 0 Å². The second kappa shape index (κ2) is 10.00. The highest BCUT2D eigenvalue weighted by molar-refractivity contribution is 8.06. The van der Waals surface area contributed by atoms with Crippen LogP contribution < -0.4 is 9.47 Å². The lowest BCUT2D eigenvalue weighted by Crippen LogP contribution is -1.99. The van der Waals surface area contributed by atoms with Gasteiger partial charge in [0, 0.05) is 11.1 Å². The Kier molecular flexibility index (Phi) is 7.68. The van der Waals surface area contributed by atoms with Crippen LogP contribution in [0.5, 0.6) is 11.5 Å². The molecule has 0 atom stereocenters. The van der Waals surface area contributed by atoms with Crippen molar-refractivity contribution in [2.75, 3.05) is 6.61 Å².